The first-order chi connectivity index (χ1) is 8.06. The number of benzene rings is 1. The maximum atomic E-state index is 5.85. The van der Waals surface area contributed by atoms with Crippen LogP contribution in [0.2, 0.25) is 0 Å². The molecule has 0 aliphatic heterocycles. The van der Waals surface area contributed by atoms with Crippen LogP contribution >= 0.6 is 0 Å². The van der Waals surface area contributed by atoms with Gasteiger partial charge >= 0.3 is 0 Å². The third-order valence-corrected chi connectivity index (χ3v) is 2.64. The molecule has 0 saturated heterocycles. The Kier molecular flexibility index (Phi) is 3.04. The quantitative estimate of drug-likeness (QED) is 0.824. The van der Waals surface area contributed by atoms with Crippen LogP contribution in [0.4, 0.5) is 5.69 Å². The second-order valence-electron chi connectivity index (χ2n) is 4.23. The van der Waals surface area contributed by atoms with Crippen molar-refractivity contribution in [2.45, 2.75) is 20.5 Å². The van der Waals surface area contributed by atoms with Crippen molar-refractivity contribution in [1.82, 2.24) is 9.78 Å². The van der Waals surface area contributed by atoms with Gasteiger partial charge in [0.05, 0.1) is 17.1 Å². The Bertz CT molecular complexity index is 531. The number of hydrogen-bond donors (Lipinski definition) is 1. The molecule has 2 N–H and O–H groups in total. The predicted octanol–water partition coefficient (Wildman–Crippen LogP) is 2.20. The van der Waals surface area contributed by atoms with Crippen LogP contribution in [0.5, 0.6) is 5.75 Å². The zero-order valence-corrected chi connectivity index (χ0v) is 10.4. The summed E-state index contributed by atoms with van der Waals surface area (Å²) in [6, 6.07) is 7.78. The summed E-state index contributed by atoms with van der Waals surface area (Å²) in [6.45, 7) is 4.45. The number of anilines is 1. The molecule has 4 heteroatoms. The molecule has 4 nitrogen and oxygen atoms in total. The van der Waals surface area contributed by atoms with Crippen LogP contribution in [0.25, 0.3) is 0 Å². The Balaban J connectivity index is 2.12. The van der Waals surface area contributed by atoms with Crippen molar-refractivity contribution in [2.24, 2.45) is 7.05 Å². The highest BCUT2D eigenvalue weighted by molar-refractivity contribution is 5.53. The number of nitrogens with two attached hydrogens (primary N) is 1. The van der Waals surface area contributed by atoms with Gasteiger partial charge in [0.2, 0.25) is 0 Å². The van der Waals surface area contributed by atoms with Crippen LogP contribution in [0.15, 0.2) is 24.3 Å². The van der Waals surface area contributed by atoms with Gasteiger partial charge in [0, 0.05) is 7.05 Å². The summed E-state index contributed by atoms with van der Waals surface area (Å²) in [5.74, 6) is 0.726. The lowest BCUT2D eigenvalue weighted by Crippen LogP contribution is -2.04. The number of aromatic nitrogens is 2. The van der Waals surface area contributed by atoms with Crippen LogP contribution < -0.4 is 10.5 Å². The Morgan fingerprint density at radius 3 is 2.71 bits per heavy atom. The lowest BCUT2D eigenvalue weighted by molar-refractivity contribution is 0.296. The molecule has 0 amide bonds. The van der Waals surface area contributed by atoms with Crippen molar-refractivity contribution in [3.05, 3.63) is 41.2 Å². The highest BCUT2D eigenvalue weighted by atomic mass is 16.5. The van der Waals surface area contributed by atoms with E-state index >= 15 is 0 Å². The van der Waals surface area contributed by atoms with Gasteiger partial charge in [-0.05, 0) is 37.6 Å². The first kappa shape index (κ1) is 11.5. The summed E-state index contributed by atoms with van der Waals surface area (Å²) < 4.78 is 7.53. The van der Waals surface area contributed by atoms with Gasteiger partial charge in [-0.2, -0.15) is 5.10 Å². The number of hydrogen-bond acceptors (Lipinski definition) is 3. The standard InChI is InChI=1S/C13H17N3O/c1-9-4-5-12(14)13(6-9)17-8-11-7-10(2)15-16(11)3/h4-7H,8,14H2,1-3H3. The fourth-order valence-electron chi connectivity index (χ4n) is 1.72. The molecule has 0 fully saturated rings. The number of rotatable bonds is 3. The molecule has 1 aromatic heterocycles. The van der Waals surface area contributed by atoms with Crippen molar-refractivity contribution >= 4 is 5.69 Å². The van der Waals surface area contributed by atoms with Gasteiger partial charge in [-0.1, -0.05) is 6.07 Å². The Morgan fingerprint density at radius 1 is 1.29 bits per heavy atom. The molecule has 0 saturated carbocycles. The molecule has 0 radical (unpaired) electrons. The lowest BCUT2D eigenvalue weighted by Gasteiger charge is -2.09. The number of nitrogen functional groups attached to an aromatic ring is 1. The molecule has 0 aliphatic rings. The smallest absolute Gasteiger partial charge is 0.143 e. The summed E-state index contributed by atoms with van der Waals surface area (Å²) in [5, 5.41) is 4.27. The summed E-state index contributed by atoms with van der Waals surface area (Å²) in [4.78, 5) is 0. The van der Waals surface area contributed by atoms with E-state index in [1.165, 1.54) is 0 Å². The molecule has 2 rings (SSSR count). The zero-order valence-electron chi connectivity index (χ0n) is 10.4. The van der Waals surface area contributed by atoms with Gasteiger partial charge < -0.3 is 10.5 Å². The highest BCUT2D eigenvalue weighted by Crippen LogP contribution is 2.23. The van der Waals surface area contributed by atoms with E-state index in [-0.39, 0.29) is 0 Å². The lowest BCUT2D eigenvalue weighted by atomic mass is 10.2. The first-order valence-corrected chi connectivity index (χ1v) is 5.54. The third-order valence-electron chi connectivity index (χ3n) is 2.64. The first-order valence-electron chi connectivity index (χ1n) is 5.54. The molecule has 0 aliphatic carbocycles. The highest BCUT2D eigenvalue weighted by Gasteiger charge is 2.05. The number of aryl methyl sites for hydroxylation is 3. The third kappa shape index (κ3) is 2.58. The molecule has 90 valence electrons. The van der Waals surface area contributed by atoms with Crippen molar-refractivity contribution < 1.29 is 4.74 Å². The van der Waals surface area contributed by atoms with E-state index in [1.54, 1.807) is 0 Å². The number of ether oxygens (including phenoxy) is 1. The minimum Gasteiger partial charge on any atom is -0.485 e. The average molecular weight is 231 g/mol. The molecule has 17 heavy (non-hydrogen) atoms. The fourth-order valence-corrected chi connectivity index (χ4v) is 1.72. The Morgan fingerprint density at radius 2 is 2.06 bits per heavy atom. The van der Waals surface area contributed by atoms with Gasteiger partial charge in [0.25, 0.3) is 0 Å². The Labute approximate surface area is 101 Å². The van der Waals surface area contributed by atoms with E-state index in [1.807, 2.05) is 49.8 Å². The van der Waals surface area contributed by atoms with Crippen molar-refractivity contribution in [1.29, 1.82) is 0 Å². The van der Waals surface area contributed by atoms with E-state index in [9.17, 15) is 0 Å². The maximum absolute atomic E-state index is 5.85. The second kappa shape index (κ2) is 4.49. The van der Waals surface area contributed by atoms with Gasteiger partial charge in [-0.25, -0.2) is 0 Å². The zero-order chi connectivity index (χ0) is 12.4. The van der Waals surface area contributed by atoms with Crippen molar-refractivity contribution in [2.75, 3.05) is 5.73 Å². The van der Waals surface area contributed by atoms with E-state index in [0.717, 1.165) is 22.7 Å². The van der Waals surface area contributed by atoms with Crippen LogP contribution in [0.1, 0.15) is 17.0 Å². The van der Waals surface area contributed by atoms with Gasteiger partial charge in [0.1, 0.15) is 12.4 Å². The molecule has 2 aromatic rings. The molecule has 1 aromatic carbocycles. The van der Waals surface area contributed by atoms with Gasteiger partial charge in [0.15, 0.2) is 0 Å². The van der Waals surface area contributed by atoms with Crippen LogP contribution in [0, 0.1) is 13.8 Å². The SMILES string of the molecule is Cc1ccc(N)c(OCc2cc(C)nn2C)c1. The average Bonchev–Trinajstić information content (AvgIpc) is 2.59. The molecule has 0 unspecified atom stereocenters. The van der Waals surface area contributed by atoms with Crippen LogP contribution in [-0.2, 0) is 13.7 Å². The number of nitrogens with zero attached hydrogens (tertiary/aromatic N) is 2. The van der Waals surface area contributed by atoms with E-state index in [0.29, 0.717) is 12.3 Å². The van der Waals surface area contributed by atoms with Crippen molar-refractivity contribution in [3.63, 3.8) is 0 Å². The summed E-state index contributed by atoms with van der Waals surface area (Å²) in [5.41, 5.74) is 9.67. The maximum Gasteiger partial charge on any atom is 0.143 e. The van der Waals surface area contributed by atoms with Crippen LogP contribution in [0.3, 0.4) is 0 Å². The summed E-state index contributed by atoms with van der Waals surface area (Å²) in [7, 11) is 1.91. The molecular weight excluding hydrogens is 214 g/mol. The molecule has 0 spiro atoms. The van der Waals surface area contributed by atoms with Gasteiger partial charge in [-0.15, -0.1) is 0 Å². The Hall–Kier alpha value is -1.97. The van der Waals surface area contributed by atoms with Crippen LogP contribution in [-0.4, -0.2) is 9.78 Å². The second-order valence-corrected chi connectivity index (χ2v) is 4.23. The summed E-state index contributed by atoms with van der Waals surface area (Å²) in [6.07, 6.45) is 0. The van der Waals surface area contributed by atoms with E-state index < -0.39 is 0 Å². The monoisotopic (exact) mass is 231 g/mol. The molecule has 1 heterocycles. The largest absolute Gasteiger partial charge is 0.485 e. The molecule has 0 bridgehead atoms. The van der Waals surface area contributed by atoms with E-state index in [4.69, 9.17) is 10.5 Å². The van der Waals surface area contributed by atoms with Gasteiger partial charge in [-0.3, -0.25) is 4.68 Å². The van der Waals surface area contributed by atoms with E-state index in [2.05, 4.69) is 5.10 Å². The molecule has 0 atom stereocenters. The fraction of sp³-hybridized carbons (Fsp3) is 0.308. The summed E-state index contributed by atoms with van der Waals surface area (Å²) >= 11 is 0. The topological polar surface area (TPSA) is 53.1 Å². The normalized spacial score (nSPS) is 10.5. The molecular formula is C13H17N3O. The van der Waals surface area contributed by atoms with Crippen molar-refractivity contribution in [3.8, 4) is 5.75 Å². The predicted molar refractivity (Wildman–Crippen MR) is 67.9 cm³/mol. The minimum absolute atomic E-state index is 0.477. The minimum atomic E-state index is 0.477.